The molecule has 1 heterocycles. The Morgan fingerprint density at radius 3 is 2.81 bits per heavy atom. The summed E-state index contributed by atoms with van der Waals surface area (Å²) >= 11 is 0. The van der Waals surface area contributed by atoms with E-state index in [9.17, 15) is 4.79 Å². The van der Waals surface area contributed by atoms with Gasteiger partial charge < -0.3 is 5.32 Å². The summed E-state index contributed by atoms with van der Waals surface area (Å²) in [6.07, 6.45) is 11.7. The van der Waals surface area contributed by atoms with Gasteiger partial charge >= 0.3 is 0 Å². The molecule has 0 aliphatic carbocycles. The van der Waals surface area contributed by atoms with E-state index in [1.54, 1.807) is 0 Å². The maximum absolute atomic E-state index is 12.1. The summed E-state index contributed by atoms with van der Waals surface area (Å²) in [5.41, 5.74) is 5.72. The number of anilines is 1. The summed E-state index contributed by atoms with van der Waals surface area (Å²) in [6, 6.07) is 6.38. The molecule has 0 spiro atoms. The van der Waals surface area contributed by atoms with Crippen LogP contribution in [-0.4, -0.2) is 11.6 Å². The first-order valence-electron chi connectivity index (χ1n) is 10.4. The molecule has 0 fully saturated rings. The number of hydrogen-bond acceptors (Lipinski definition) is 2. The summed E-state index contributed by atoms with van der Waals surface area (Å²) in [5, 5.41) is 3.07. The molecule has 3 heteroatoms. The molecule has 0 radical (unpaired) electrons. The van der Waals surface area contributed by atoms with Crippen molar-refractivity contribution in [3.05, 3.63) is 53.8 Å². The molecular weight excluding hydrogens is 332 g/mol. The molecule has 2 rings (SSSR count). The molecule has 0 saturated carbocycles. The van der Waals surface area contributed by atoms with Gasteiger partial charge in [-0.05, 0) is 68.2 Å². The van der Waals surface area contributed by atoms with Gasteiger partial charge in [-0.15, -0.1) is 0 Å². The number of allylic oxidation sites excluding steroid dienone is 3. The Morgan fingerprint density at radius 1 is 1.30 bits per heavy atom. The van der Waals surface area contributed by atoms with Crippen LogP contribution >= 0.6 is 0 Å². The van der Waals surface area contributed by atoms with E-state index in [2.05, 4.69) is 50.9 Å². The fourth-order valence-corrected chi connectivity index (χ4v) is 3.67. The van der Waals surface area contributed by atoms with E-state index in [1.807, 2.05) is 12.2 Å². The molecule has 1 atom stereocenters. The number of aliphatic imine (C=N–C) groups is 1. The summed E-state index contributed by atoms with van der Waals surface area (Å²) in [4.78, 5) is 17.2. The molecule has 0 saturated heterocycles. The third kappa shape index (κ3) is 6.50. The van der Waals surface area contributed by atoms with Crippen LogP contribution in [0.4, 0.5) is 5.69 Å². The number of amides is 1. The lowest BCUT2D eigenvalue weighted by Crippen LogP contribution is -2.09. The van der Waals surface area contributed by atoms with Gasteiger partial charge in [0.1, 0.15) is 0 Å². The molecule has 3 nitrogen and oxygen atoms in total. The van der Waals surface area contributed by atoms with Gasteiger partial charge in [-0.25, -0.2) is 0 Å². The lowest BCUT2D eigenvalue weighted by atomic mass is 9.89. The van der Waals surface area contributed by atoms with Crippen LogP contribution in [0.1, 0.15) is 82.3 Å². The molecule has 1 aliphatic rings. The van der Waals surface area contributed by atoms with Crippen LogP contribution in [0.5, 0.6) is 0 Å². The van der Waals surface area contributed by atoms with E-state index in [0.29, 0.717) is 12.3 Å². The van der Waals surface area contributed by atoms with Gasteiger partial charge in [-0.1, -0.05) is 51.5 Å². The molecule has 1 amide bonds. The van der Waals surface area contributed by atoms with Crippen LogP contribution in [-0.2, 0) is 4.79 Å². The minimum Gasteiger partial charge on any atom is -0.326 e. The Bertz CT molecular complexity index is 715. The number of benzene rings is 1. The third-order valence-corrected chi connectivity index (χ3v) is 5.07. The van der Waals surface area contributed by atoms with Gasteiger partial charge in [0.15, 0.2) is 0 Å². The number of nitrogens with zero attached hydrogens (tertiary/aromatic N) is 1. The zero-order valence-corrected chi connectivity index (χ0v) is 17.2. The van der Waals surface area contributed by atoms with Gasteiger partial charge in [0.05, 0.1) is 0 Å². The Kier molecular flexibility index (Phi) is 8.50. The zero-order valence-electron chi connectivity index (χ0n) is 17.2. The minimum atomic E-state index is 0.108. The number of unbranched alkanes of at least 4 members (excludes halogenated alkanes) is 1. The molecule has 146 valence electrons. The lowest BCUT2D eigenvalue weighted by Gasteiger charge is -2.18. The maximum Gasteiger partial charge on any atom is 0.224 e. The second kappa shape index (κ2) is 10.9. The number of carbonyl (C=O) groups excluding carboxylic acids is 1. The second-order valence-corrected chi connectivity index (χ2v) is 7.50. The fourth-order valence-electron chi connectivity index (χ4n) is 3.67. The summed E-state index contributed by atoms with van der Waals surface area (Å²) < 4.78 is 0. The normalized spacial score (nSPS) is 17.9. The Labute approximate surface area is 164 Å². The van der Waals surface area contributed by atoms with Crippen molar-refractivity contribution in [1.29, 1.82) is 0 Å². The molecular formula is C24H34N2O. The van der Waals surface area contributed by atoms with Crippen molar-refractivity contribution in [2.24, 2.45) is 4.99 Å². The van der Waals surface area contributed by atoms with Crippen LogP contribution in [0.25, 0.3) is 0 Å². The molecule has 1 N–H and O–H groups in total. The molecule has 27 heavy (non-hydrogen) atoms. The van der Waals surface area contributed by atoms with Gasteiger partial charge in [-0.3, -0.25) is 9.79 Å². The van der Waals surface area contributed by atoms with Gasteiger partial charge in [0.2, 0.25) is 5.91 Å². The summed E-state index contributed by atoms with van der Waals surface area (Å²) in [5.74, 6) is 0.403. The standard InChI is InChI=1S/C24H34N2O/c1-5-8-11-20(9-6-2)25-21(10-7-3)17-19-13-15-24(27)26-23-16-18(4)12-14-22(19)23/h7,10,12,14,16,19H,3,5-6,8-9,11,13,15,17H2,1-2,4H3,(H,26,27)/b21-10-,25-20-. The number of hydrogen-bond donors (Lipinski definition) is 1. The third-order valence-electron chi connectivity index (χ3n) is 5.07. The van der Waals surface area contributed by atoms with E-state index < -0.39 is 0 Å². The molecule has 1 aliphatic heterocycles. The molecule has 0 aromatic heterocycles. The number of fused-ring (bicyclic) bond motifs is 1. The topological polar surface area (TPSA) is 41.5 Å². The highest BCUT2D eigenvalue weighted by Gasteiger charge is 2.23. The van der Waals surface area contributed by atoms with E-state index >= 15 is 0 Å². The molecule has 1 unspecified atom stereocenters. The van der Waals surface area contributed by atoms with E-state index in [1.165, 1.54) is 29.7 Å². The van der Waals surface area contributed by atoms with Crippen LogP contribution in [0, 0.1) is 6.92 Å². The Hall–Kier alpha value is -2.16. The second-order valence-electron chi connectivity index (χ2n) is 7.50. The number of carbonyl (C=O) groups is 1. The molecule has 0 bridgehead atoms. The number of aryl methyl sites for hydroxylation is 1. The fraction of sp³-hybridized carbons (Fsp3) is 0.500. The van der Waals surface area contributed by atoms with Crippen molar-refractivity contribution in [2.75, 3.05) is 5.32 Å². The van der Waals surface area contributed by atoms with Crippen molar-refractivity contribution in [2.45, 2.75) is 78.1 Å². The van der Waals surface area contributed by atoms with Crippen LogP contribution < -0.4 is 5.32 Å². The van der Waals surface area contributed by atoms with Crippen LogP contribution in [0.15, 0.2) is 47.6 Å². The predicted octanol–water partition coefficient (Wildman–Crippen LogP) is 6.70. The average molecular weight is 367 g/mol. The van der Waals surface area contributed by atoms with Crippen molar-refractivity contribution in [3.63, 3.8) is 0 Å². The largest absolute Gasteiger partial charge is 0.326 e. The molecule has 1 aromatic carbocycles. The first-order valence-corrected chi connectivity index (χ1v) is 10.4. The van der Waals surface area contributed by atoms with Gasteiger partial charge in [0, 0.05) is 23.5 Å². The monoisotopic (exact) mass is 366 g/mol. The predicted molar refractivity (Wildman–Crippen MR) is 117 cm³/mol. The highest BCUT2D eigenvalue weighted by molar-refractivity contribution is 5.92. The number of rotatable bonds is 9. The Balaban J connectivity index is 2.28. The van der Waals surface area contributed by atoms with Gasteiger partial charge in [-0.2, -0.15) is 0 Å². The molecule has 1 aromatic rings. The van der Waals surface area contributed by atoms with E-state index in [0.717, 1.165) is 43.5 Å². The summed E-state index contributed by atoms with van der Waals surface area (Å²) in [6.45, 7) is 10.4. The quantitative estimate of drug-likeness (QED) is 0.383. The van der Waals surface area contributed by atoms with Crippen LogP contribution in [0.3, 0.4) is 0 Å². The Morgan fingerprint density at radius 2 is 2.11 bits per heavy atom. The zero-order chi connectivity index (χ0) is 19.6. The van der Waals surface area contributed by atoms with E-state index in [4.69, 9.17) is 4.99 Å². The lowest BCUT2D eigenvalue weighted by molar-refractivity contribution is -0.116. The van der Waals surface area contributed by atoms with Crippen molar-refractivity contribution in [1.82, 2.24) is 0 Å². The van der Waals surface area contributed by atoms with E-state index in [-0.39, 0.29) is 5.91 Å². The smallest absolute Gasteiger partial charge is 0.224 e. The first-order chi connectivity index (χ1) is 13.1. The average Bonchev–Trinajstić information content (AvgIpc) is 2.78. The summed E-state index contributed by atoms with van der Waals surface area (Å²) in [7, 11) is 0. The first kappa shape index (κ1) is 21.1. The minimum absolute atomic E-state index is 0.108. The van der Waals surface area contributed by atoms with Crippen molar-refractivity contribution < 1.29 is 4.79 Å². The highest BCUT2D eigenvalue weighted by atomic mass is 16.1. The van der Waals surface area contributed by atoms with Gasteiger partial charge in [0.25, 0.3) is 0 Å². The highest BCUT2D eigenvalue weighted by Crippen LogP contribution is 2.36. The maximum atomic E-state index is 12.1. The van der Waals surface area contributed by atoms with Crippen molar-refractivity contribution >= 4 is 17.3 Å². The van der Waals surface area contributed by atoms with Crippen LogP contribution in [0.2, 0.25) is 0 Å². The van der Waals surface area contributed by atoms with Crippen molar-refractivity contribution in [3.8, 4) is 0 Å². The SMILES string of the molecule is C=C/C=C(CC1CCC(=O)Nc2cc(C)ccc21)\N=C(\CCC)CCCC. The number of nitrogens with one attached hydrogen (secondary N) is 1.